The van der Waals surface area contributed by atoms with Crippen LogP contribution in [0.4, 0.5) is 8.78 Å². The van der Waals surface area contributed by atoms with Crippen LogP contribution in [-0.2, 0) is 4.79 Å². The lowest BCUT2D eigenvalue weighted by atomic mass is 9.79. The zero-order chi connectivity index (χ0) is 22.1. The summed E-state index contributed by atoms with van der Waals surface area (Å²) in [6, 6.07) is 18.2. The van der Waals surface area contributed by atoms with Gasteiger partial charge in [-0.05, 0) is 70.6 Å². The first-order valence-electron chi connectivity index (χ1n) is 9.72. The zero-order valence-corrected chi connectivity index (χ0v) is 18.5. The first kappa shape index (κ1) is 22.2. The molecule has 0 bridgehead atoms. The summed E-state index contributed by atoms with van der Waals surface area (Å²) in [6.45, 7) is 1.08. The molecule has 31 heavy (non-hydrogen) atoms. The standard InChI is InChI=1S/C24H18Cl3F2NO/c25-18-5-1-14(2-6-18)23(15-3-7-19(26)8-4-15)30-12-17(13-30)22(24(27)31)16-9-20(28)11-21(29)10-16/h1-11,17,22-23H,12-13H2. The summed E-state index contributed by atoms with van der Waals surface area (Å²) in [5.41, 5.74) is 2.34. The second kappa shape index (κ2) is 9.25. The van der Waals surface area contributed by atoms with E-state index >= 15 is 0 Å². The Morgan fingerprint density at radius 2 is 1.26 bits per heavy atom. The Kier molecular flexibility index (Phi) is 6.63. The minimum atomic E-state index is -0.779. The van der Waals surface area contributed by atoms with Crippen LogP contribution in [0.15, 0.2) is 66.7 Å². The molecule has 160 valence electrons. The van der Waals surface area contributed by atoms with Crippen LogP contribution < -0.4 is 0 Å². The number of halogens is 5. The molecular weight excluding hydrogens is 463 g/mol. The minimum absolute atomic E-state index is 0.0823. The summed E-state index contributed by atoms with van der Waals surface area (Å²) < 4.78 is 27.4. The predicted octanol–water partition coefficient (Wildman–Crippen LogP) is 6.84. The molecule has 1 saturated heterocycles. The second-order valence-corrected chi connectivity index (χ2v) is 8.95. The third-order valence-electron chi connectivity index (χ3n) is 5.63. The highest BCUT2D eigenvalue weighted by Gasteiger charge is 2.41. The monoisotopic (exact) mass is 479 g/mol. The van der Waals surface area contributed by atoms with Gasteiger partial charge in [0.05, 0.1) is 12.0 Å². The normalized spacial score (nSPS) is 15.7. The van der Waals surface area contributed by atoms with Crippen molar-refractivity contribution in [2.45, 2.75) is 12.0 Å². The van der Waals surface area contributed by atoms with Crippen molar-refractivity contribution in [3.05, 3.63) is 105 Å². The third-order valence-corrected chi connectivity index (χ3v) is 6.37. The minimum Gasteiger partial charge on any atom is -0.292 e. The van der Waals surface area contributed by atoms with Crippen molar-refractivity contribution in [1.82, 2.24) is 4.90 Å². The summed E-state index contributed by atoms with van der Waals surface area (Å²) >= 11 is 18.0. The maximum atomic E-state index is 13.7. The van der Waals surface area contributed by atoms with E-state index in [2.05, 4.69) is 4.90 Å². The zero-order valence-electron chi connectivity index (χ0n) is 16.2. The quantitative estimate of drug-likeness (QED) is 0.360. The van der Waals surface area contributed by atoms with E-state index in [1.54, 1.807) is 0 Å². The molecule has 0 N–H and O–H groups in total. The predicted molar refractivity (Wildman–Crippen MR) is 120 cm³/mol. The van der Waals surface area contributed by atoms with E-state index in [4.69, 9.17) is 34.8 Å². The van der Waals surface area contributed by atoms with E-state index in [9.17, 15) is 13.6 Å². The van der Waals surface area contributed by atoms with Gasteiger partial charge in [-0.3, -0.25) is 9.69 Å². The highest BCUT2D eigenvalue weighted by atomic mass is 35.5. The first-order chi connectivity index (χ1) is 14.8. The number of hydrogen-bond donors (Lipinski definition) is 0. The highest BCUT2D eigenvalue weighted by molar-refractivity contribution is 6.64. The van der Waals surface area contributed by atoms with Gasteiger partial charge in [-0.15, -0.1) is 0 Å². The van der Waals surface area contributed by atoms with Crippen molar-refractivity contribution >= 4 is 40.0 Å². The average molecular weight is 481 g/mol. The summed E-state index contributed by atoms with van der Waals surface area (Å²) in [5.74, 6) is -2.39. The lowest BCUT2D eigenvalue weighted by Gasteiger charge is -2.47. The van der Waals surface area contributed by atoms with Crippen LogP contribution in [0.5, 0.6) is 0 Å². The highest BCUT2D eigenvalue weighted by Crippen LogP contribution is 2.41. The summed E-state index contributed by atoms with van der Waals surface area (Å²) in [7, 11) is 0. The molecule has 1 aliphatic rings. The van der Waals surface area contributed by atoms with Gasteiger partial charge in [-0.2, -0.15) is 0 Å². The van der Waals surface area contributed by atoms with Crippen LogP contribution in [0.25, 0.3) is 0 Å². The van der Waals surface area contributed by atoms with Crippen molar-refractivity contribution in [3.8, 4) is 0 Å². The molecular formula is C24H18Cl3F2NO. The SMILES string of the molecule is O=C(Cl)C(c1cc(F)cc(F)c1)C1CN(C(c2ccc(Cl)cc2)c2ccc(Cl)cc2)C1. The van der Waals surface area contributed by atoms with E-state index in [1.807, 2.05) is 48.5 Å². The van der Waals surface area contributed by atoms with Gasteiger partial charge in [0, 0.05) is 29.2 Å². The van der Waals surface area contributed by atoms with E-state index in [0.29, 0.717) is 23.1 Å². The van der Waals surface area contributed by atoms with Crippen molar-refractivity contribution in [2.24, 2.45) is 5.92 Å². The Morgan fingerprint density at radius 1 is 0.806 bits per heavy atom. The van der Waals surface area contributed by atoms with Crippen molar-refractivity contribution < 1.29 is 13.6 Å². The lowest BCUT2D eigenvalue weighted by Crippen LogP contribution is -2.52. The number of nitrogens with zero attached hydrogens (tertiary/aromatic N) is 1. The molecule has 0 spiro atoms. The third kappa shape index (κ3) is 4.93. The molecule has 1 heterocycles. The van der Waals surface area contributed by atoms with Gasteiger partial charge in [0.15, 0.2) is 0 Å². The molecule has 0 amide bonds. The van der Waals surface area contributed by atoms with Crippen LogP contribution in [0.3, 0.4) is 0 Å². The van der Waals surface area contributed by atoms with E-state index in [0.717, 1.165) is 17.2 Å². The van der Waals surface area contributed by atoms with Crippen LogP contribution in [-0.4, -0.2) is 23.2 Å². The number of benzene rings is 3. The molecule has 0 radical (unpaired) electrons. The smallest absolute Gasteiger partial charge is 0.229 e. The number of carbonyl (C=O) groups excluding carboxylic acids is 1. The molecule has 1 unspecified atom stereocenters. The molecule has 4 rings (SSSR count). The Hall–Kier alpha value is -1.98. The summed E-state index contributed by atoms with van der Waals surface area (Å²) in [5, 5.41) is 0.659. The Labute approximate surface area is 194 Å². The lowest BCUT2D eigenvalue weighted by molar-refractivity contribution is -0.116. The molecule has 2 nitrogen and oxygen atoms in total. The Bertz CT molecular complexity index is 1020. The molecule has 3 aromatic carbocycles. The molecule has 0 aromatic heterocycles. The van der Waals surface area contributed by atoms with Crippen LogP contribution >= 0.6 is 34.8 Å². The number of likely N-dealkylation sites (tertiary alicyclic amines) is 1. The number of hydrogen-bond acceptors (Lipinski definition) is 2. The van der Waals surface area contributed by atoms with E-state index < -0.39 is 22.8 Å². The molecule has 1 fully saturated rings. The average Bonchev–Trinajstić information content (AvgIpc) is 2.67. The second-order valence-electron chi connectivity index (χ2n) is 7.70. The van der Waals surface area contributed by atoms with Gasteiger partial charge in [-0.1, -0.05) is 47.5 Å². The number of rotatable bonds is 6. The largest absolute Gasteiger partial charge is 0.292 e. The first-order valence-corrected chi connectivity index (χ1v) is 10.9. The fraction of sp³-hybridized carbons (Fsp3) is 0.208. The molecule has 7 heteroatoms. The van der Waals surface area contributed by atoms with Gasteiger partial charge in [0.25, 0.3) is 0 Å². The molecule has 3 aromatic rings. The maximum Gasteiger partial charge on any atom is 0.229 e. The molecule has 0 aliphatic carbocycles. The maximum absolute atomic E-state index is 13.7. The van der Waals surface area contributed by atoms with Crippen molar-refractivity contribution in [2.75, 3.05) is 13.1 Å². The van der Waals surface area contributed by atoms with Crippen LogP contribution in [0.2, 0.25) is 10.0 Å². The fourth-order valence-corrected chi connectivity index (χ4v) is 4.77. The van der Waals surface area contributed by atoms with Crippen molar-refractivity contribution in [3.63, 3.8) is 0 Å². The number of carbonyl (C=O) groups is 1. The Morgan fingerprint density at radius 3 is 1.68 bits per heavy atom. The van der Waals surface area contributed by atoms with Gasteiger partial charge in [-0.25, -0.2) is 8.78 Å². The van der Waals surface area contributed by atoms with Crippen LogP contribution in [0.1, 0.15) is 28.7 Å². The Balaban J connectivity index is 1.61. The molecule has 1 aliphatic heterocycles. The summed E-state index contributed by atoms with van der Waals surface area (Å²) in [4.78, 5) is 14.4. The molecule has 1 atom stereocenters. The molecule has 0 saturated carbocycles. The van der Waals surface area contributed by atoms with Crippen LogP contribution in [0, 0.1) is 17.6 Å². The summed E-state index contributed by atoms with van der Waals surface area (Å²) in [6.07, 6.45) is 0. The van der Waals surface area contributed by atoms with Crippen molar-refractivity contribution in [1.29, 1.82) is 0 Å². The van der Waals surface area contributed by atoms with E-state index in [1.165, 1.54) is 12.1 Å². The fourth-order valence-electron chi connectivity index (χ4n) is 4.22. The topological polar surface area (TPSA) is 20.3 Å². The van der Waals surface area contributed by atoms with Gasteiger partial charge in [0.1, 0.15) is 11.6 Å². The van der Waals surface area contributed by atoms with Gasteiger partial charge < -0.3 is 0 Å². The van der Waals surface area contributed by atoms with E-state index in [-0.39, 0.29) is 17.5 Å². The van der Waals surface area contributed by atoms with Gasteiger partial charge >= 0.3 is 0 Å². The van der Waals surface area contributed by atoms with Gasteiger partial charge in [0.2, 0.25) is 5.24 Å².